The Hall–Kier alpha value is -1.51. The number of hydrogen-bond acceptors (Lipinski definition) is 6. The zero-order chi connectivity index (χ0) is 15.8. The van der Waals surface area contributed by atoms with Gasteiger partial charge in [0.05, 0.1) is 13.2 Å². The predicted octanol–water partition coefficient (Wildman–Crippen LogP) is -0.690. The molecule has 1 aliphatic rings. The van der Waals surface area contributed by atoms with Crippen LogP contribution in [0.5, 0.6) is 0 Å². The Morgan fingerprint density at radius 3 is 2.76 bits per heavy atom. The normalized spacial score (nSPS) is 32.8. The predicted molar refractivity (Wildman–Crippen MR) is 73.3 cm³/mol. The highest BCUT2D eigenvalue weighted by atomic mass is 19.1. The van der Waals surface area contributed by atoms with Gasteiger partial charge in [0.15, 0.2) is 6.17 Å². The van der Waals surface area contributed by atoms with Gasteiger partial charge in [-0.05, 0) is 12.0 Å². The van der Waals surface area contributed by atoms with E-state index in [2.05, 4.69) is 4.98 Å². The number of aromatic nitrogens is 2. The lowest BCUT2D eigenvalue weighted by molar-refractivity contribution is -0.140. The van der Waals surface area contributed by atoms with E-state index in [4.69, 9.17) is 10.5 Å². The highest BCUT2D eigenvalue weighted by Gasteiger charge is 2.56. The molecule has 0 bridgehead atoms. The summed E-state index contributed by atoms with van der Waals surface area (Å²) in [6.45, 7) is 2.84. The van der Waals surface area contributed by atoms with E-state index in [1.165, 1.54) is 12.3 Å². The number of halogens is 1. The van der Waals surface area contributed by atoms with Gasteiger partial charge in [0.2, 0.25) is 0 Å². The van der Waals surface area contributed by atoms with E-state index in [0.29, 0.717) is 0 Å². The van der Waals surface area contributed by atoms with Crippen molar-refractivity contribution in [2.75, 3.05) is 12.3 Å². The number of anilines is 1. The summed E-state index contributed by atoms with van der Waals surface area (Å²) in [6, 6.07) is 1.42. The van der Waals surface area contributed by atoms with Crippen LogP contribution in [0.4, 0.5) is 10.2 Å². The number of aliphatic hydroxyl groups excluding tert-OH is 2. The molecule has 7 nitrogen and oxygen atoms in total. The van der Waals surface area contributed by atoms with Crippen molar-refractivity contribution >= 4 is 5.82 Å². The van der Waals surface area contributed by atoms with Crippen molar-refractivity contribution in [3.8, 4) is 0 Å². The lowest BCUT2D eigenvalue weighted by Gasteiger charge is -2.33. The number of nitrogens with two attached hydrogens (primary N) is 1. The summed E-state index contributed by atoms with van der Waals surface area (Å²) < 4.78 is 21.0. The van der Waals surface area contributed by atoms with Crippen LogP contribution in [0.25, 0.3) is 0 Å². The van der Waals surface area contributed by atoms with Crippen molar-refractivity contribution in [1.29, 1.82) is 0 Å². The Morgan fingerprint density at radius 1 is 1.62 bits per heavy atom. The first kappa shape index (κ1) is 15.9. The average Bonchev–Trinajstić information content (AvgIpc) is 2.67. The van der Waals surface area contributed by atoms with E-state index in [1.54, 1.807) is 13.8 Å². The third kappa shape index (κ3) is 2.66. The number of aliphatic hydroxyl groups is 2. The lowest BCUT2D eigenvalue weighted by Crippen LogP contribution is -2.49. The lowest BCUT2D eigenvalue weighted by atomic mass is 9.85. The summed E-state index contributed by atoms with van der Waals surface area (Å²) in [5.41, 5.74) is 3.40. The highest BCUT2D eigenvalue weighted by molar-refractivity contribution is 5.23. The van der Waals surface area contributed by atoms with Gasteiger partial charge in [-0.25, -0.2) is 9.18 Å². The first-order valence-corrected chi connectivity index (χ1v) is 6.75. The smallest absolute Gasteiger partial charge is 0.349 e. The van der Waals surface area contributed by atoms with Crippen LogP contribution in [-0.4, -0.2) is 50.4 Å². The van der Waals surface area contributed by atoms with Crippen LogP contribution < -0.4 is 11.4 Å². The van der Waals surface area contributed by atoms with Crippen LogP contribution in [-0.2, 0) is 11.3 Å². The number of alkyl halides is 1. The second-order valence-corrected chi connectivity index (χ2v) is 5.60. The SMILES string of the molecule is CC(C)[C@]1(CO)O[C@@H](Cn2ccc(N)nc2=O)[C@H](F)[C@@H]1O. The maximum Gasteiger partial charge on any atom is 0.349 e. The van der Waals surface area contributed by atoms with Crippen molar-refractivity contribution in [2.24, 2.45) is 5.92 Å². The maximum atomic E-state index is 14.3. The molecule has 21 heavy (non-hydrogen) atoms. The molecule has 0 radical (unpaired) electrons. The van der Waals surface area contributed by atoms with Crippen LogP contribution in [0.15, 0.2) is 17.1 Å². The van der Waals surface area contributed by atoms with Gasteiger partial charge in [0, 0.05) is 6.20 Å². The van der Waals surface area contributed by atoms with Crippen molar-refractivity contribution in [3.05, 3.63) is 22.7 Å². The van der Waals surface area contributed by atoms with Crippen LogP contribution in [0.2, 0.25) is 0 Å². The molecule has 8 heteroatoms. The van der Waals surface area contributed by atoms with Crippen molar-refractivity contribution in [3.63, 3.8) is 0 Å². The summed E-state index contributed by atoms with van der Waals surface area (Å²) in [6.07, 6.45) is -2.81. The van der Waals surface area contributed by atoms with Crippen LogP contribution in [0.1, 0.15) is 13.8 Å². The maximum absolute atomic E-state index is 14.3. The van der Waals surface area contributed by atoms with Gasteiger partial charge in [-0.2, -0.15) is 4.98 Å². The number of ether oxygens (including phenoxy) is 1. The minimum atomic E-state index is -1.70. The number of nitrogen functional groups attached to an aromatic ring is 1. The molecule has 4 N–H and O–H groups in total. The molecule has 0 aromatic carbocycles. The van der Waals surface area contributed by atoms with Gasteiger partial charge in [-0.1, -0.05) is 13.8 Å². The van der Waals surface area contributed by atoms with Gasteiger partial charge in [-0.15, -0.1) is 0 Å². The molecular weight excluding hydrogens is 281 g/mol. The van der Waals surface area contributed by atoms with Crippen molar-refractivity contribution < 1.29 is 19.3 Å². The van der Waals surface area contributed by atoms with E-state index in [1.807, 2.05) is 0 Å². The molecule has 1 fully saturated rings. The molecule has 2 rings (SSSR count). The summed E-state index contributed by atoms with van der Waals surface area (Å²) in [5.74, 6) is -0.214. The summed E-state index contributed by atoms with van der Waals surface area (Å²) >= 11 is 0. The Morgan fingerprint density at radius 2 is 2.29 bits per heavy atom. The second kappa shape index (κ2) is 5.70. The molecule has 0 amide bonds. The van der Waals surface area contributed by atoms with Gasteiger partial charge in [0.1, 0.15) is 23.6 Å². The molecule has 1 aliphatic heterocycles. The summed E-state index contributed by atoms with van der Waals surface area (Å²) in [4.78, 5) is 15.2. The van der Waals surface area contributed by atoms with Gasteiger partial charge in [-0.3, -0.25) is 4.57 Å². The summed E-state index contributed by atoms with van der Waals surface area (Å²) in [7, 11) is 0. The zero-order valence-electron chi connectivity index (χ0n) is 11.9. The minimum Gasteiger partial charge on any atom is -0.393 e. The topological polar surface area (TPSA) is 111 Å². The van der Waals surface area contributed by atoms with Gasteiger partial charge in [0.25, 0.3) is 0 Å². The fourth-order valence-electron chi connectivity index (χ4n) is 2.59. The van der Waals surface area contributed by atoms with E-state index in [0.717, 1.165) is 4.57 Å². The van der Waals surface area contributed by atoms with E-state index < -0.39 is 36.3 Å². The molecule has 118 valence electrons. The number of nitrogens with zero attached hydrogens (tertiary/aromatic N) is 2. The Balaban J connectivity index is 2.24. The molecule has 0 saturated carbocycles. The molecule has 2 heterocycles. The van der Waals surface area contributed by atoms with Crippen LogP contribution in [0.3, 0.4) is 0 Å². The van der Waals surface area contributed by atoms with Crippen LogP contribution >= 0.6 is 0 Å². The van der Waals surface area contributed by atoms with Crippen molar-refractivity contribution in [1.82, 2.24) is 9.55 Å². The molecule has 4 atom stereocenters. The molecule has 1 aromatic rings. The Labute approximate surface area is 121 Å². The van der Waals surface area contributed by atoms with Crippen LogP contribution in [0, 0.1) is 5.92 Å². The largest absolute Gasteiger partial charge is 0.393 e. The number of hydrogen-bond donors (Lipinski definition) is 3. The fraction of sp³-hybridized carbons (Fsp3) is 0.692. The zero-order valence-corrected chi connectivity index (χ0v) is 11.9. The average molecular weight is 301 g/mol. The molecule has 1 aromatic heterocycles. The molecule has 0 aliphatic carbocycles. The first-order chi connectivity index (χ1) is 9.81. The quantitative estimate of drug-likeness (QED) is 0.679. The number of rotatable bonds is 4. The van der Waals surface area contributed by atoms with Gasteiger partial charge >= 0.3 is 5.69 Å². The first-order valence-electron chi connectivity index (χ1n) is 6.75. The fourth-order valence-corrected chi connectivity index (χ4v) is 2.59. The van der Waals surface area contributed by atoms with E-state index in [9.17, 15) is 19.4 Å². The van der Waals surface area contributed by atoms with E-state index >= 15 is 0 Å². The molecular formula is C13H20FN3O4. The van der Waals surface area contributed by atoms with E-state index in [-0.39, 0.29) is 18.3 Å². The second-order valence-electron chi connectivity index (χ2n) is 5.60. The molecule has 0 spiro atoms. The molecule has 1 saturated heterocycles. The Bertz CT molecular complexity index is 565. The third-order valence-electron chi connectivity index (χ3n) is 4.02. The Kier molecular flexibility index (Phi) is 4.31. The summed E-state index contributed by atoms with van der Waals surface area (Å²) in [5, 5.41) is 19.6. The minimum absolute atomic E-state index is 0.0762. The van der Waals surface area contributed by atoms with Crippen molar-refractivity contribution in [2.45, 2.75) is 44.4 Å². The third-order valence-corrected chi connectivity index (χ3v) is 4.02. The standard InChI is InChI=1S/C13H20FN3O4/c1-7(2)13(6-18)11(19)10(14)8(21-13)5-17-4-3-9(15)16-12(17)20/h3-4,7-8,10-11,18-19H,5-6H2,1-2H3,(H2,15,16,20)/t8-,10-,11-,13-/m0/s1. The van der Waals surface area contributed by atoms with Gasteiger partial charge < -0.3 is 20.7 Å². The highest BCUT2D eigenvalue weighted by Crippen LogP contribution is 2.38. The monoisotopic (exact) mass is 301 g/mol. The molecule has 0 unspecified atom stereocenters.